The summed E-state index contributed by atoms with van der Waals surface area (Å²) in [6.45, 7) is 9.69. The number of nitrogens with zero attached hydrogens (tertiary/aromatic N) is 3. The fourth-order valence-corrected chi connectivity index (χ4v) is 2.72. The van der Waals surface area contributed by atoms with Crippen molar-refractivity contribution in [3.8, 4) is 0 Å². The monoisotopic (exact) mass is 359 g/mol. The fourth-order valence-electron chi connectivity index (χ4n) is 2.72. The summed E-state index contributed by atoms with van der Waals surface area (Å²) >= 11 is 0. The van der Waals surface area contributed by atoms with Crippen LogP contribution in [0.25, 0.3) is 0 Å². The summed E-state index contributed by atoms with van der Waals surface area (Å²) in [5.41, 5.74) is 0.685. The quantitative estimate of drug-likeness (QED) is 0.763. The van der Waals surface area contributed by atoms with Gasteiger partial charge in [-0.1, -0.05) is 39.8 Å². The maximum Gasteiger partial charge on any atom is 0.274 e. The number of hydrogen-bond donors (Lipinski definition) is 0. The Bertz CT molecular complexity index is 787. The van der Waals surface area contributed by atoms with Gasteiger partial charge in [0.15, 0.2) is 0 Å². The molecule has 0 fully saturated rings. The van der Waals surface area contributed by atoms with Crippen molar-refractivity contribution in [3.63, 3.8) is 0 Å². The third kappa shape index (κ3) is 5.51. The molecule has 0 aliphatic carbocycles. The van der Waals surface area contributed by atoms with Crippen molar-refractivity contribution >= 4 is 5.91 Å². The first-order chi connectivity index (χ1) is 12.3. The molecular formula is C20H26FN3O2. The molecule has 1 aromatic carbocycles. The van der Waals surface area contributed by atoms with Gasteiger partial charge in [0.05, 0.1) is 6.54 Å². The van der Waals surface area contributed by atoms with Crippen LogP contribution in [0.15, 0.2) is 41.2 Å². The van der Waals surface area contributed by atoms with Crippen molar-refractivity contribution in [1.29, 1.82) is 0 Å². The summed E-state index contributed by atoms with van der Waals surface area (Å²) in [5.74, 6) is 0.155. The van der Waals surface area contributed by atoms with Gasteiger partial charge in [0, 0.05) is 19.2 Å². The molecule has 140 valence electrons. The lowest BCUT2D eigenvalue weighted by Crippen LogP contribution is -2.38. The largest absolute Gasteiger partial charge is 0.337 e. The molecular weight excluding hydrogens is 333 g/mol. The molecule has 0 aliphatic heterocycles. The van der Waals surface area contributed by atoms with Crippen LogP contribution in [0, 0.1) is 17.7 Å². The van der Waals surface area contributed by atoms with Crippen molar-refractivity contribution in [3.05, 3.63) is 63.8 Å². The number of benzene rings is 1. The highest BCUT2D eigenvalue weighted by Crippen LogP contribution is 2.09. The molecule has 2 rings (SSSR count). The zero-order chi connectivity index (χ0) is 19.3. The predicted molar refractivity (Wildman–Crippen MR) is 99.6 cm³/mol. The van der Waals surface area contributed by atoms with Gasteiger partial charge in [-0.2, -0.15) is 5.10 Å². The van der Waals surface area contributed by atoms with E-state index in [-0.39, 0.29) is 29.5 Å². The van der Waals surface area contributed by atoms with Crippen LogP contribution in [-0.2, 0) is 6.54 Å². The van der Waals surface area contributed by atoms with Gasteiger partial charge in [-0.25, -0.2) is 9.07 Å². The SMILES string of the molecule is CC(C)CN(CC(C)C)C(=O)c1ccc(=O)n(Cc2ccc(F)cc2)n1. The molecule has 1 aromatic heterocycles. The summed E-state index contributed by atoms with van der Waals surface area (Å²) in [4.78, 5) is 26.7. The normalized spacial score (nSPS) is 11.2. The minimum Gasteiger partial charge on any atom is -0.337 e. The summed E-state index contributed by atoms with van der Waals surface area (Å²) in [6.07, 6.45) is 0. The second-order valence-electron chi connectivity index (χ2n) is 7.34. The Kier molecular flexibility index (Phi) is 6.66. The van der Waals surface area contributed by atoms with Gasteiger partial charge in [0.25, 0.3) is 11.5 Å². The summed E-state index contributed by atoms with van der Waals surface area (Å²) < 4.78 is 14.3. The highest BCUT2D eigenvalue weighted by atomic mass is 19.1. The van der Waals surface area contributed by atoms with Gasteiger partial charge in [-0.05, 0) is 35.6 Å². The van der Waals surface area contributed by atoms with Crippen LogP contribution in [0.2, 0.25) is 0 Å². The average Bonchev–Trinajstić information content (AvgIpc) is 2.57. The fraction of sp³-hybridized carbons (Fsp3) is 0.450. The molecule has 0 atom stereocenters. The molecule has 1 amide bonds. The first-order valence-electron chi connectivity index (χ1n) is 8.88. The second kappa shape index (κ2) is 8.74. The van der Waals surface area contributed by atoms with E-state index in [1.165, 1.54) is 28.9 Å². The molecule has 0 N–H and O–H groups in total. The van der Waals surface area contributed by atoms with E-state index in [0.29, 0.717) is 24.9 Å². The van der Waals surface area contributed by atoms with E-state index in [0.717, 1.165) is 5.56 Å². The molecule has 1 heterocycles. The molecule has 5 nitrogen and oxygen atoms in total. The Morgan fingerprint density at radius 1 is 1.04 bits per heavy atom. The molecule has 0 saturated heterocycles. The number of hydrogen-bond acceptors (Lipinski definition) is 3. The second-order valence-corrected chi connectivity index (χ2v) is 7.34. The number of rotatable bonds is 7. The lowest BCUT2D eigenvalue weighted by molar-refractivity contribution is 0.0706. The highest BCUT2D eigenvalue weighted by Gasteiger charge is 2.20. The summed E-state index contributed by atoms with van der Waals surface area (Å²) in [5, 5.41) is 4.24. The van der Waals surface area contributed by atoms with Gasteiger partial charge in [-0.3, -0.25) is 9.59 Å². The topological polar surface area (TPSA) is 55.2 Å². The molecule has 0 aliphatic rings. The Morgan fingerprint density at radius 3 is 2.15 bits per heavy atom. The number of amides is 1. The van der Waals surface area contributed by atoms with E-state index < -0.39 is 0 Å². The number of aromatic nitrogens is 2. The Hall–Kier alpha value is -2.50. The van der Waals surface area contributed by atoms with E-state index >= 15 is 0 Å². The van der Waals surface area contributed by atoms with Gasteiger partial charge in [-0.15, -0.1) is 0 Å². The van der Waals surface area contributed by atoms with Crippen LogP contribution in [0.5, 0.6) is 0 Å². The smallest absolute Gasteiger partial charge is 0.274 e. The van der Waals surface area contributed by atoms with Crippen LogP contribution in [0.3, 0.4) is 0 Å². The maximum atomic E-state index is 13.0. The predicted octanol–water partition coefficient (Wildman–Crippen LogP) is 3.18. The van der Waals surface area contributed by atoms with Crippen LogP contribution in [-0.4, -0.2) is 33.7 Å². The zero-order valence-electron chi connectivity index (χ0n) is 15.8. The van der Waals surface area contributed by atoms with E-state index in [1.54, 1.807) is 17.0 Å². The first-order valence-corrected chi connectivity index (χ1v) is 8.88. The van der Waals surface area contributed by atoms with E-state index in [1.807, 2.05) is 0 Å². The van der Waals surface area contributed by atoms with Crippen LogP contribution in [0.1, 0.15) is 43.7 Å². The lowest BCUT2D eigenvalue weighted by atomic mass is 10.1. The van der Waals surface area contributed by atoms with E-state index in [9.17, 15) is 14.0 Å². The molecule has 26 heavy (non-hydrogen) atoms. The van der Waals surface area contributed by atoms with Crippen molar-refractivity contribution in [2.45, 2.75) is 34.2 Å². The Labute approximate surface area is 153 Å². The minimum atomic E-state index is -0.337. The summed E-state index contributed by atoms with van der Waals surface area (Å²) in [7, 11) is 0. The number of carbonyl (C=O) groups is 1. The Morgan fingerprint density at radius 2 is 1.62 bits per heavy atom. The van der Waals surface area contributed by atoms with Crippen LogP contribution >= 0.6 is 0 Å². The van der Waals surface area contributed by atoms with E-state index in [4.69, 9.17) is 0 Å². The Balaban J connectivity index is 2.27. The first kappa shape index (κ1) is 19.8. The van der Waals surface area contributed by atoms with Crippen LogP contribution in [0.4, 0.5) is 4.39 Å². The zero-order valence-corrected chi connectivity index (χ0v) is 15.8. The van der Waals surface area contributed by atoms with Crippen molar-refractivity contribution < 1.29 is 9.18 Å². The van der Waals surface area contributed by atoms with Gasteiger partial charge in [0.2, 0.25) is 0 Å². The van der Waals surface area contributed by atoms with Crippen LogP contribution < -0.4 is 5.56 Å². The maximum absolute atomic E-state index is 13.0. The number of halogens is 1. The molecule has 0 unspecified atom stereocenters. The third-order valence-corrected chi connectivity index (χ3v) is 3.79. The van der Waals surface area contributed by atoms with Crippen molar-refractivity contribution in [1.82, 2.24) is 14.7 Å². The van der Waals surface area contributed by atoms with Gasteiger partial charge in [0.1, 0.15) is 11.5 Å². The molecule has 0 spiro atoms. The van der Waals surface area contributed by atoms with Crippen molar-refractivity contribution in [2.24, 2.45) is 11.8 Å². The lowest BCUT2D eigenvalue weighted by Gasteiger charge is -2.26. The number of carbonyl (C=O) groups excluding carboxylic acids is 1. The molecule has 0 saturated carbocycles. The van der Waals surface area contributed by atoms with E-state index in [2.05, 4.69) is 32.8 Å². The third-order valence-electron chi connectivity index (χ3n) is 3.79. The standard InChI is InChI=1S/C20H26FN3O2/c1-14(2)11-23(12-15(3)4)20(26)18-9-10-19(25)24(22-18)13-16-5-7-17(21)8-6-16/h5-10,14-15H,11-13H2,1-4H3. The molecule has 2 aromatic rings. The van der Waals surface area contributed by atoms with Gasteiger partial charge >= 0.3 is 0 Å². The average molecular weight is 359 g/mol. The minimum absolute atomic E-state index is 0.180. The summed E-state index contributed by atoms with van der Waals surface area (Å²) in [6, 6.07) is 8.69. The highest BCUT2D eigenvalue weighted by molar-refractivity contribution is 5.92. The molecule has 0 radical (unpaired) electrons. The molecule has 0 bridgehead atoms. The molecule has 6 heteroatoms. The van der Waals surface area contributed by atoms with Crippen molar-refractivity contribution in [2.75, 3.05) is 13.1 Å². The van der Waals surface area contributed by atoms with Gasteiger partial charge < -0.3 is 4.90 Å².